The molecule has 126 valence electrons. The molecule has 0 unspecified atom stereocenters. The number of hydrogen-bond donors (Lipinski definition) is 4. The Balaban J connectivity index is 1.84. The predicted octanol–water partition coefficient (Wildman–Crippen LogP) is 2.38. The smallest absolute Gasteiger partial charge is 0.173 e. The van der Waals surface area contributed by atoms with Crippen molar-refractivity contribution in [1.29, 1.82) is 0 Å². The highest BCUT2D eigenvalue weighted by molar-refractivity contribution is 5.83. The summed E-state index contributed by atoms with van der Waals surface area (Å²) in [4.78, 5) is 7.80. The van der Waals surface area contributed by atoms with Crippen molar-refractivity contribution in [2.45, 2.75) is 6.54 Å². The summed E-state index contributed by atoms with van der Waals surface area (Å²) < 4.78 is 1.61. The van der Waals surface area contributed by atoms with Gasteiger partial charge in [0.05, 0.1) is 11.0 Å². The molecular weight excluding hydrogens is 316 g/mol. The molecule has 0 fully saturated rings. The molecule has 0 saturated heterocycles. The number of anilines is 1. The number of H-pyrrole nitrogens is 1. The fourth-order valence-corrected chi connectivity index (χ4v) is 2.91. The van der Waals surface area contributed by atoms with E-state index >= 15 is 0 Å². The Morgan fingerprint density at radius 1 is 1.16 bits per heavy atom. The molecule has 0 amide bonds. The van der Waals surface area contributed by atoms with Crippen LogP contribution in [0.3, 0.4) is 0 Å². The van der Waals surface area contributed by atoms with E-state index in [0.717, 1.165) is 22.2 Å². The van der Waals surface area contributed by atoms with Crippen LogP contribution in [0.1, 0.15) is 5.56 Å². The number of rotatable bonds is 3. The second-order valence-corrected chi connectivity index (χ2v) is 5.93. The van der Waals surface area contributed by atoms with E-state index in [2.05, 4.69) is 15.1 Å². The monoisotopic (exact) mass is 334 g/mol. The van der Waals surface area contributed by atoms with Crippen molar-refractivity contribution in [2.24, 2.45) is 12.8 Å². The van der Waals surface area contributed by atoms with Crippen LogP contribution in [0.2, 0.25) is 0 Å². The predicted molar refractivity (Wildman–Crippen MR) is 97.7 cm³/mol. The molecule has 4 rings (SSSR count). The van der Waals surface area contributed by atoms with Gasteiger partial charge in [-0.2, -0.15) is 5.10 Å². The van der Waals surface area contributed by atoms with Gasteiger partial charge in [0.15, 0.2) is 11.6 Å². The molecule has 0 saturated carbocycles. The number of aromatic hydroxyl groups is 1. The Hall–Kier alpha value is -3.32. The number of nitrogens with zero attached hydrogens (tertiary/aromatic N) is 3. The normalized spacial score (nSPS) is 11.3. The van der Waals surface area contributed by atoms with Crippen molar-refractivity contribution < 1.29 is 5.11 Å². The number of imidazole rings is 1. The third kappa shape index (κ3) is 2.50. The number of fused-ring (bicyclic) bond motifs is 1. The van der Waals surface area contributed by atoms with Crippen LogP contribution >= 0.6 is 0 Å². The first-order valence-corrected chi connectivity index (χ1v) is 7.88. The zero-order chi connectivity index (χ0) is 17.6. The first-order chi connectivity index (χ1) is 12.1. The SMILES string of the molecule is Cn1nc(-c2ccc(N)cc2)c(O)c1-c1nc2ccc(CN)cc2[nH]1. The summed E-state index contributed by atoms with van der Waals surface area (Å²) in [7, 11) is 1.77. The number of aromatic amines is 1. The van der Waals surface area contributed by atoms with Crippen LogP contribution in [-0.2, 0) is 13.6 Å². The van der Waals surface area contributed by atoms with E-state index in [1.165, 1.54) is 0 Å². The Morgan fingerprint density at radius 2 is 1.92 bits per heavy atom. The van der Waals surface area contributed by atoms with Crippen LogP contribution < -0.4 is 11.5 Å². The van der Waals surface area contributed by atoms with E-state index in [0.29, 0.717) is 29.4 Å². The van der Waals surface area contributed by atoms with Gasteiger partial charge in [-0.15, -0.1) is 0 Å². The molecule has 2 aromatic carbocycles. The lowest BCUT2D eigenvalue weighted by molar-refractivity contribution is 0.478. The zero-order valence-electron chi connectivity index (χ0n) is 13.7. The lowest BCUT2D eigenvalue weighted by Gasteiger charge is -1.99. The van der Waals surface area contributed by atoms with E-state index in [1.54, 1.807) is 23.9 Å². The maximum atomic E-state index is 10.7. The highest BCUT2D eigenvalue weighted by Crippen LogP contribution is 2.37. The minimum atomic E-state index is 0.0744. The number of hydrogen-bond acceptors (Lipinski definition) is 5. The average Bonchev–Trinajstić information content (AvgIpc) is 3.15. The summed E-state index contributed by atoms with van der Waals surface area (Å²) in [6, 6.07) is 13.0. The van der Waals surface area contributed by atoms with Gasteiger partial charge in [-0.1, -0.05) is 18.2 Å². The van der Waals surface area contributed by atoms with Gasteiger partial charge in [-0.3, -0.25) is 4.68 Å². The maximum Gasteiger partial charge on any atom is 0.173 e. The van der Waals surface area contributed by atoms with Crippen molar-refractivity contribution in [3.8, 4) is 28.5 Å². The highest BCUT2D eigenvalue weighted by Gasteiger charge is 2.21. The molecule has 0 aliphatic heterocycles. The average molecular weight is 334 g/mol. The van der Waals surface area contributed by atoms with Gasteiger partial charge >= 0.3 is 0 Å². The molecule has 4 aromatic rings. The largest absolute Gasteiger partial charge is 0.504 e. The van der Waals surface area contributed by atoms with Crippen molar-refractivity contribution in [3.05, 3.63) is 48.0 Å². The van der Waals surface area contributed by atoms with E-state index in [1.807, 2.05) is 30.3 Å². The second kappa shape index (κ2) is 5.64. The van der Waals surface area contributed by atoms with Gasteiger partial charge in [0.1, 0.15) is 11.4 Å². The molecule has 7 nitrogen and oxygen atoms in total. The highest BCUT2D eigenvalue weighted by atomic mass is 16.3. The molecule has 0 bridgehead atoms. The van der Waals surface area contributed by atoms with E-state index in [9.17, 15) is 5.11 Å². The Kier molecular flexibility index (Phi) is 3.43. The van der Waals surface area contributed by atoms with Crippen LogP contribution in [0.4, 0.5) is 5.69 Å². The van der Waals surface area contributed by atoms with Crippen molar-refractivity contribution in [3.63, 3.8) is 0 Å². The van der Waals surface area contributed by atoms with Gasteiger partial charge < -0.3 is 21.6 Å². The topological polar surface area (TPSA) is 119 Å². The quantitative estimate of drug-likeness (QED) is 0.429. The number of nitrogens with two attached hydrogens (primary N) is 2. The molecule has 0 aliphatic rings. The first-order valence-electron chi connectivity index (χ1n) is 7.88. The lowest BCUT2D eigenvalue weighted by atomic mass is 10.1. The third-order valence-corrected chi connectivity index (χ3v) is 4.21. The number of aromatic nitrogens is 4. The summed E-state index contributed by atoms with van der Waals surface area (Å²) >= 11 is 0. The van der Waals surface area contributed by atoms with Crippen molar-refractivity contribution >= 4 is 16.7 Å². The van der Waals surface area contributed by atoms with Crippen LogP contribution in [0.5, 0.6) is 5.75 Å². The van der Waals surface area contributed by atoms with Crippen LogP contribution in [0, 0.1) is 0 Å². The molecule has 0 spiro atoms. The summed E-state index contributed by atoms with van der Waals surface area (Å²) in [5, 5.41) is 15.2. The summed E-state index contributed by atoms with van der Waals surface area (Å²) in [5.74, 6) is 0.628. The Labute approximate surface area is 143 Å². The van der Waals surface area contributed by atoms with E-state index in [4.69, 9.17) is 11.5 Å². The van der Waals surface area contributed by atoms with Gasteiger partial charge in [0.25, 0.3) is 0 Å². The number of nitrogens with one attached hydrogen (secondary N) is 1. The third-order valence-electron chi connectivity index (χ3n) is 4.21. The molecule has 0 aliphatic carbocycles. The Morgan fingerprint density at radius 3 is 2.64 bits per heavy atom. The van der Waals surface area contributed by atoms with Crippen molar-refractivity contribution in [1.82, 2.24) is 19.7 Å². The van der Waals surface area contributed by atoms with Gasteiger partial charge in [-0.05, 0) is 29.8 Å². The lowest BCUT2D eigenvalue weighted by Crippen LogP contribution is -1.95. The van der Waals surface area contributed by atoms with E-state index < -0.39 is 0 Å². The minimum absolute atomic E-state index is 0.0744. The van der Waals surface area contributed by atoms with Gasteiger partial charge in [0.2, 0.25) is 0 Å². The van der Waals surface area contributed by atoms with Crippen LogP contribution in [0.15, 0.2) is 42.5 Å². The number of aryl methyl sites for hydroxylation is 1. The van der Waals surface area contributed by atoms with Gasteiger partial charge in [-0.25, -0.2) is 4.98 Å². The standard InChI is InChI=1S/C18H18N6O/c1-24-16(17(25)15(23-24)11-3-5-12(20)6-4-11)18-21-13-7-2-10(9-19)8-14(13)22-18/h2-8,25H,9,19-20H2,1H3,(H,21,22). The molecule has 7 heteroatoms. The molecule has 0 radical (unpaired) electrons. The molecule has 25 heavy (non-hydrogen) atoms. The minimum Gasteiger partial charge on any atom is -0.504 e. The zero-order valence-corrected chi connectivity index (χ0v) is 13.7. The fraction of sp³-hybridized carbons (Fsp3) is 0.111. The molecule has 2 aromatic heterocycles. The molecule has 2 heterocycles. The van der Waals surface area contributed by atoms with Crippen molar-refractivity contribution in [2.75, 3.05) is 5.73 Å². The molecular formula is C18H18N6O. The maximum absolute atomic E-state index is 10.7. The first kappa shape index (κ1) is 15.2. The number of benzene rings is 2. The van der Waals surface area contributed by atoms with Gasteiger partial charge in [0, 0.05) is 24.8 Å². The van der Waals surface area contributed by atoms with Crippen LogP contribution in [0.25, 0.3) is 33.8 Å². The fourth-order valence-electron chi connectivity index (χ4n) is 2.91. The second-order valence-electron chi connectivity index (χ2n) is 5.93. The summed E-state index contributed by atoms with van der Waals surface area (Å²) in [5.41, 5.74) is 16.6. The molecule has 6 N–H and O–H groups in total. The molecule has 0 atom stereocenters. The van der Waals surface area contributed by atoms with Crippen LogP contribution in [-0.4, -0.2) is 24.9 Å². The Bertz CT molecular complexity index is 1060. The summed E-state index contributed by atoms with van der Waals surface area (Å²) in [6.45, 7) is 0.461. The summed E-state index contributed by atoms with van der Waals surface area (Å²) in [6.07, 6.45) is 0. The number of nitrogen functional groups attached to an aromatic ring is 1. The van der Waals surface area contributed by atoms with E-state index in [-0.39, 0.29) is 5.75 Å².